The van der Waals surface area contributed by atoms with E-state index in [1.165, 1.54) is 5.56 Å². The largest absolute Gasteiger partial charge is 0.490 e. The van der Waals surface area contributed by atoms with Gasteiger partial charge in [0, 0.05) is 36.0 Å². The monoisotopic (exact) mass is 510 g/mol. The van der Waals surface area contributed by atoms with Crippen LogP contribution < -0.4 is 24.8 Å². The van der Waals surface area contributed by atoms with E-state index in [0.29, 0.717) is 42.6 Å². The van der Waals surface area contributed by atoms with Crippen molar-refractivity contribution in [2.24, 2.45) is 7.05 Å². The number of aromatic nitrogens is 2. The summed E-state index contributed by atoms with van der Waals surface area (Å²) in [5, 5.41) is 10.5. The first-order valence-electron chi connectivity index (χ1n) is 12.0. The molecule has 8 nitrogen and oxygen atoms in total. The number of aryl methyl sites for hydroxylation is 2. The van der Waals surface area contributed by atoms with Gasteiger partial charge in [-0.2, -0.15) is 5.10 Å². The quantitative estimate of drug-likeness (QED) is 0.373. The van der Waals surface area contributed by atoms with Crippen molar-refractivity contribution in [1.82, 2.24) is 15.1 Å². The summed E-state index contributed by atoms with van der Waals surface area (Å²) in [6.45, 7) is 11.0. The highest BCUT2D eigenvalue weighted by Gasteiger charge is 2.19. The minimum atomic E-state index is -0.378. The van der Waals surface area contributed by atoms with Gasteiger partial charge in [-0.3, -0.25) is 14.8 Å². The molecule has 1 aromatic heterocycles. The van der Waals surface area contributed by atoms with E-state index < -0.39 is 0 Å². The van der Waals surface area contributed by atoms with Crippen molar-refractivity contribution in [3.63, 3.8) is 0 Å². The first-order chi connectivity index (χ1) is 17.3. The van der Waals surface area contributed by atoms with E-state index in [0.717, 1.165) is 29.1 Å². The second kappa shape index (κ2) is 12.4. The number of hydrogen-bond acceptors (Lipinski definition) is 6. The highest BCUT2D eigenvalue weighted by molar-refractivity contribution is 7.80. The number of rotatable bonds is 10. The van der Waals surface area contributed by atoms with Crippen LogP contribution in [0.1, 0.15) is 53.6 Å². The van der Waals surface area contributed by atoms with Crippen molar-refractivity contribution >= 4 is 28.9 Å². The lowest BCUT2D eigenvalue weighted by Gasteiger charge is -2.17. The molecule has 2 aromatic carbocycles. The summed E-state index contributed by atoms with van der Waals surface area (Å²) in [5.74, 6) is 1.000. The number of thiocarbonyl (C=S) groups is 1. The standard InChI is InChI=1S/C27H34N4O4S/c1-7-33-23-15-20(16-24(34-8-2)25(23)35-9-3)26(32)29-27(36)28-21-12-10-19(11-13-21)14-22-17(4)30-31(6)18(22)5/h10-13,15-16H,7-9,14H2,1-6H3,(H2,28,29,32,36). The average molecular weight is 511 g/mol. The molecule has 0 atom stereocenters. The molecule has 0 bridgehead atoms. The minimum Gasteiger partial charge on any atom is -0.490 e. The summed E-state index contributed by atoms with van der Waals surface area (Å²) < 4.78 is 19.0. The van der Waals surface area contributed by atoms with Crippen LogP contribution in [0.15, 0.2) is 36.4 Å². The van der Waals surface area contributed by atoms with E-state index in [1.54, 1.807) is 12.1 Å². The Bertz CT molecular complexity index is 1190. The zero-order valence-corrected chi connectivity index (χ0v) is 22.5. The maximum Gasteiger partial charge on any atom is 0.257 e. The van der Waals surface area contributed by atoms with Crippen LogP contribution in [0.2, 0.25) is 0 Å². The number of carbonyl (C=O) groups excluding carboxylic acids is 1. The van der Waals surface area contributed by atoms with Crippen LogP contribution in [0.25, 0.3) is 0 Å². The van der Waals surface area contributed by atoms with Crippen LogP contribution in [0.3, 0.4) is 0 Å². The summed E-state index contributed by atoms with van der Waals surface area (Å²) in [5.41, 5.74) is 5.72. The average Bonchev–Trinajstić information content (AvgIpc) is 3.08. The summed E-state index contributed by atoms with van der Waals surface area (Å²) >= 11 is 5.38. The smallest absolute Gasteiger partial charge is 0.257 e. The van der Waals surface area contributed by atoms with Crippen molar-refractivity contribution in [1.29, 1.82) is 0 Å². The van der Waals surface area contributed by atoms with Crippen molar-refractivity contribution in [2.45, 2.75) is 41.0 Å². The summed E-state index contributed by atoms with van der Waals surface area (Å²) in [6, 6.07) is 11.2. The summed E-state index contributed by atoms with van der Waals surface area (Å²) in [6.07, 6.45) is 0.801. The first-order valence-corrected chi connectivity index (χ1v) is 12.4. The summed E-state index contributed by atoms with van der Waals surface area (Å²) in [4.78, 5) is 13.0. The molecule has 0 radical (unpaired) electrons. The van der Waals surface area contributed by atoms with Crippen LogP contribution in [-0.2, 0) is 13.5 Å². The number of benzene rings is 2. The molecule has 0 aliphatic heterocycles. The lowest BCUT2D eigenvalue weighted by atomic mass is 10.0. The van der Waals surface area contributed by atoms with Gasteiger partial charge in [0.05, 0.1) is 25.5 Å². The molecule has 0 aliphatic carbocycles. The lowest BCUT2D eigenvalue weighted by Crippen LogP contribution is -2.34. The number of hydrogen-bond donors (Lipinski definition) is 2. The van der Waals surface area contributed by atoms with Crippen LogP contribution in [0.5, 0.6) is 17.2 Å². The van der Waals surface area contributed by atoms with Gasteiger partial charge in [-0.25, -0.2) is 0 Å². The second-order valence-corrected chi connectivity index (χ2v) is 8.56. The zero-order valence-electron chi connectivity index (χ0n) is 21.7. The third kappa shape index (κ3) is 6.54. The van der Waals surface area contributed by atoms with Crippen molar-refractivity contribution in [2.75, 3.05) is 25.1 Å². The highest BCUT2D eigenvalue weighted by atomic mass is 32.1. The van der Waals surface area contributed by atoms with Crippen LogP contribution >= 0.6 is 12.2 Å². The molecule has 0 fully saturated rings. The molecule has 1 amide bonds. The van der Waals surface area contributed by atoms with E-state index >= 15 is 0 Å². The SMILES string of the molecule is CCOc1cc(C(=O)NC(=S)Nc2ccc(Cc3c(C)nn(C)c3C)cc2)cc(OCC)c1OCC. The molecule has 2 N–H and O–H groups in total. The predicted octanol–water partition coefficient (Wildman–Crippen LogP) is 4.95. The Morgan fingerprint density at radius 1 is 0.972 bits per heavy atom. The van der Waals surface area contributed by atoms with Crippen molar-refractivity contribution in [3.8, 4) is 17.2 Å². The maximum atomic E-state index is 13.0. The van der Waals surface area contributed by atoms with E-state index in [9.17, 15) is 4.79 Å². The molecule has 0 spiro atoms. The van der Waals surface area contributed by atoms with Gasteiger partial charge >= 0.3 is 0 Å². The van der Waals surface area contributed by atoms with Crippen molar-refractivity contribution in [3.05, 3.63) is 64.5 Å². The van der Waals surface area contributed by atoms with Crippen LogP contribution in [0.4, 0.5) is 5.69 Å². The maximum absolute atomic E-state index is 13.0. The highest BCUT2D eigenvalue weighted by Crippen LogP contribution is 2.39. The van der Waals surface area contributed by atoms with Crippen molar-refractivity contribution < 1.29 is 19.0 Å². The van der Waals surface area contributed by atoms with Crippen LogP contribution in [-0.4, -0.2) is 40.6 Å². The van der Waals surface area contributed by atoms with Gasteiger partial charge < -0.3 is 19.5 Å². The molecule has 9 heteroatoms. The topological polar surface area (TPSA) is 86.6 Å². The molecule has 0 aliphatic rings. The molecule has 0 saturated carbocycles. The number of anilines is 1. The Morgan fingerprint density at radius 3 is 2.06 bits per heavy atom. The number of carbonyl (C=O) groups is 1. The van der Waals surface area contributed by atoms with Gasteiger partial charge in [0.2, 0.25) is 5.75 Å². The fraction of sp³-hybridized carbons (Fsp3) is 0.370. The normalized spacial score (nSPS) is 10.6. The number of amides is 1. The van der Waals surface area contributed by atoms with Crippen LogP contribution in [0, 0.1) is 13.8 Å². The third-order valence-electron chi connectivity index (χ3n) is 5.65. The fourth-order valence-corrected chi connectivity index (χ4v) is 4.05. The Kier molecular flexibility index (Phi) is 9.30. The Balaban J connectivity index is 1.68. The predicted molar refractivity (Wildman–Crippen MR) is 146 cm³/mol. The van der Waals surface area contributed by atoms with E-state index in [2.05, 4.69) is 22.7 Å². The molecule has 36 heavy (non-hydrogen) atoms. The number of nitrogens with one attached hydrogen (secondary N) is 2. The Labute approximate surface area is 217 Å². The number of ether oxygens (including phenoxy) is 3. The van der Waals surface area contributed by atoms with Gasteiger partial charge in [-0.1, -0.05) is 12.1 Å². The Hall–Kier alpha value is -3.59. The second-order valence-electron chi connectivity index (χ2n) is 8.16. The van der Waals surface area contributed by atoms with Gasteiger partial charge in [-0.15, -0.1) is 0 Å². The van der Waals surface area contributed by atoms with Gasteiger partial charge in [0.25, 0.3) is 5.91 Å². The zero-order chi connectivity index (χ0) is 26.2. The lowest BCUT2D eigenvalue weighted by molar-refractivity contribution is 0.0976. The van der Waals surface area contributed by atoms with E-state index in [1.807, 2.05) is 63.7 Å². The molecule has 0 saturated heterocycles. The molecule has 0 unspecified atom stereocenters. The first kappa shape index (κ1) is 27.0. The van der Waals surface area contributed by atoms with Gasteiger partial charge in [0.1, 0.15) is 0 Å². The molecular formula is C27H34N4O4S. The van der Waals surface area contributed by atoms with Gasteiger partial charge in [-0.05, 0) is 76.7 Å². The minimum absolute atomic E-state index is 0.191. The molecule has 3 aromatic rings. The molecular weight excluding hydrogens is 476 g/mol. The fourth-order valence-electron chi connectivity index (χ4n) is 3.84. The molecule has 1 heterocycles. The molecule has 3 rings (SSSR count). The van der Waals surface area contributed by atoms with E-state index in [4.69, 9.17) is 26.4 Å². The Morgan fingerprint density at radius 2 is 1.56 bits per heavy atom. The molecule has 192 valence electrons. The third-order valence-corrected chi connectivity index (χ3v) is 5.85. The van der Waals surface area contributed by atoms with E-state index in [-0.39, 0.29) is 11.0 Å². The van der Waals surface area contributed by atoms with Gasteiger partial charge in [0.15, 0.2) is 16.6 Å². The summed E-state index contributed by atoms with van der Waals surface area (Å²) in [7, 11) is 1.96. The number of nitrogens with zero attached hydrogens (tertiary/aromatic N) is 2.